The minimum Gasteiger partial charge on any atom is -0.490 e. The number of halogens is 3. The number of para-hydroxylation sites is 1. The van der Waals surface area contributed by atoms with Gasteiger partial charge in [-0.05, 0) is 92.1 Å². The van der Waals surface area contributed by atoms with Crippen LogP contribution >= 0.6 is 23.1 Å². The average Bonchev–Trinajstić information content (AvgIpc) is 3.90. The van der Waals surface area contributed by atoms with Gasteiger partial charge in [-0.15, -0.1) is 11.8 Å². The van der Waals surface area contributed by atoms with Gasteiger partial charge in [0.25, 0.3) is 5.91 Å². The highest BCUT2D eigenvalue weighted by molar-refractivity contribution is 8.00. The standard InChI is InChI=1S/C39H34F3N3O8S2/c1-3-51-26-15-19(11-14-25(26)53-17-27(46)43-20-12-9-18(10-13-20)37(49)52-4-2)28-29-21-16-22(32(29)54-34-33(28)55-38(50)44-34)31-30(21)35(47)45(36(31)48)24-8-6-5-7-23(24)39(40,41)42/h5-15,21-22,28-32H,3-4,16-17H2,1-2H3,(H,43,46)(H,44,50)/t21-,22-,28+,29-,30+,31+,32-/m1/s1. The summed E-state index contributed by atoms with van der Waals surface area (Å²) < 4.78 is 59.0. The number of anilines is 2. The molecule has 8 rings (SSSR count). The molecule has 0 spiro atoms. The molecule has 1 aromatic heterocycles. The van der Waals surface area contributed by atoms with Crippen molar-refractivity contribution in [1.82, 2.24) is 4.98 Å². The quantitative estimate of drug-likeness (QED) is 0.132. The van der Waals surface area contributed by atoms with Crippen LogP contribution in [0.4, 0.5) is 24.5 Å². The maximum absolute atomic E-state index is 14.1. The molecular formula is C39H34F3N3O8S2. The summed E-state index contributed by atoms with van der Waals surface area (Å²) in [5.41, 5.74) is 0.0835. The zero-order chi connectivity index (χ0) is 38.8. The molecule has 0 radical (unpaired) electrons. The van der Waals surface area contributed by atoms with Crippen molar-refractivity contribution in [3.63, 3.8) is 0 Å². The van der Waals surface area contributed by atoms with Crippen LogP contribution in [0, 0.1) is 29.6 Å². The smallest absolute Gasteiger partial charge is 0.418 e. The molecule has 16 heteroatoms. The van der Waals surface area contributed by atoms with Gasteiger partial charge in [-0.3, -0.25) is 19.2 Å². The number of amides is 3. The van der Waals surface area contributed by atoms with Crippen LogP contribution in [-0.4, -0.2) is 53.7 Å². The van der Waals surface area contributed by atoms with Gasteiger partial charge in [0.1, 0.15) is 0 Å². The summed E-state index contributed by atoms with van der Waals surface area (Å²) in [5, 5.41) is 3.21. The van der Waals surface area contributed by atoms with E-state index >= 15 is 0 Å². The fraction of sp³-hybridized carbons (Fsp3) is 0.359. The molecule has 3 aromatic carbocycles. The maximum Gasteiger partial charge on any atom is 0.418 e. The van der Waals surface area contributed by atoms with Crippen molar-refractivity contribution in [2.45, 2.75) is 42.6 Å². The van der Waals surface area contributed by atoms with Crippen LogP contribution in [0.2, 0.25) is 0 Å². The molecule has 2 aliphatic heterocycles. The Morgan fingerprint density at radius 3 is 2.35 bits per heavy atom. The third-order valence-electron chi connectivity index (χ3n) is 10.8. The molecule has 4 aromatic rings. The summed E-state index contributed by atoms with van der Waals surface area (Å²) in [6.45, 7) is 3.67. The van der Waals surface area contributed by atoms with Gasteiger partial charge in [0.2, 0.25) is 11.8 Å². The molecule has 1 saturated heterocycles. The van der Waals surface area contributed by atoms with Crippen molar-refractivity contribution >= 4 is 58.2 Å². The molecule has 7 atom stereocenters. The van der Waals surface area contributed by atoms with Crippen molar-refractivity contribution in [2.24, 2.45) is 29.6 Å². The van der Waals surface area contributed by atoms with Crippen molar-refractivity contribution in [3.05, 3.63) is 98.0 Å². The maximum atomic E-state index is 14.1. The van der Waals surface area contributed by atoms with E-state index in [1.807, 2.05) is 6.07 Å². The lowest BCUT2D eigenvalue weighted by molar-refractivity contribution is -0.137. The van der Waals surface area contributed by atoms with Gasteiger partial charge >= 0.3 is 17.0 Å². The number of ether oxygens (including phenoxy) is 3. The Balaban J connectivity index is 1.06. The van der Waals surface area contributed by atoms with Crippen LogP contribution in [0.25, 0.3) is 0 Å². The van der Waals surface area contributed by atoms with E-state index in [0.717, 1.165) is 32.7 Å². The average molecular weight is 794 g/mol. The summed E-state index contributed by atoms with van der Waals surface area (Å²) >= 11 is 2.54. The van der Waals surface area contributed by atoms with E-state index in [1.165, 1.54) is 30.0 Å². The number of carbonyl (C=O) groups excluding carboxylic acids is 4. The number of hydrogen-bond donors (Lipinski definition) is 2. The Kier molecular flexibility index (Phi) is 9.52. The highest BCUT2D eigenvalue weighted by Gasteiger charge is 2.70. The Hall–Kier alpha value is -5.09. The number of nitrogens with one attached hydrogen (secondary N) is 2. The number of hydrogen-bond acceptors (Lipinski definition) is 10. The zero-order valence-corrected chi connectivity index (χ0v) is 31.0. The van der Waals surface area contributed by atoms with Crippen LogP contribution in [-0.2, 0) is 25.3 Å². The third kappa shape index (κ3) is 6.38. The molecule has 286 valence electrons. The fourth-order valence-electron chi connectivity index (χ4n) is 8.89. The van der Waals surface area contributed by atoms with E-state index in [1.54, 1.807) is 50.2 Å². The number of carbonyl (C=O) groups is 4. The zero-order valence-electron chi connectivity index (χ0n) is 29.4. The lowest BCUT2D eigenvalue weighted by Crippen LogP contribution is -2.42. The van der Waals surface area contributed by atoms with Crippen molar-refractivity contribution in [1.29, 1.82) is 0 Å². The van der Waals surface area contributed by atoms with E-state index in [9.17, 15) is 37.1 Å². The highest BCUT2D eigenvalue weighted by Crippen LogP contribution is 2.69. The lowest BCUT2D eigenvalue weighted by Gasteiger charge is -2.43. The largest absolute Gasteiger partial charge is 0.490 e. The van der Waals surface area contributed by atoms with Crippen molar-refractivity contribution in [2.75, 3.05) is 30.0 Å². The monoisotopic (exact) mass is 793 g/mol. The summed E-state index contributed by atoms with van der Waals surface area (Å²) in [5.74, 6) is -4.31. The molecular weight excluding hydrogens is 760 g/mol. The second kappa shape index (κ2) is 14.2. The molecule has 2 bridgehead atoms. The Morgan fingerprint density at radius 2 is 1.64 bits per heavy atom. The first-order valence-corrected chi connectivity index (χ1v) is 19.5. The van der Waals surface area contributed by atoms with Gasteiger partial charge in [0.15, 0.2) is 18.1 Å². The minimum atomic E-state index is -4.76. The number of fused-ring (bicyclic) bond motifs is 9. The van der Waals surface area contributed by atoms with Crippen molar-refractivity contribution < 1.29 is 46.6 Å². The van der Waals surface area contributed by atoms with E-state index < -0.39 is 58.9 Å². The molecule has 11 nitrogen and oxygen atoms in total. The van der Waals surface area contributed by atoms with E-state index in [-0.39, 0.29) is 47.7 Å². The van der Waals surface area contributed by atoms with Gasteiger partial charge in [-0.2, -0.15) is 13.2 Å². The molecule has 3 amide bonds. The number of H-pyrrole nitrogens is 1. The first-order chi connectivity index (χ1) is 26.4. The van der Waals surface area contributed by atoms with Crippen LogP contribution in [0.5, 0.6) is 11.5 Å². The molecule has 3 fully saturated rings. The predicted molar refractivity (Wildman–Crippen MR) is 197 cm³/mol. The van der Waals surface area contributed by atoms with Crippen LogP contribution in [0.1, 0.15) is 52.5 Å². The van der Waals surface area contributed by atoms with Gasteiger partial charge < -0.3 is 24.5 Å². The van der Waals surface area contributed by atoms with Gasteiger partial charge in [0, 0.05) is 21.7 Å². The van der Waals surface area contributed by atoms with Crippen LogP contribution in [0.15, 0.2) is 76.6 Å². The van der Waals surface area contributed by atoms with E-state index in [2.05, 4.69) is 10.3 Å². The lowest BCUT2D eigenvalue weighted by atomic mass is 9.68. The SMILES string of the molecule is CCOC(=O)c1ccc(NC(=O)COc2ccc([C@@H]3c4sc(=O)[nH]c4S[C@@H]4[C@@H]5C[C@@H]([C@@H]6C(=O)N(c7ccccc7C(F)(F)F)C(=O)[C@@H]56)[C@H]34)cc2OCC)cc1. The van der Waals surface area contributed by atoms with E-state index in [0.29, 0.717) is 34.2 Å². The van der Waals surface area contributed by atoms with Gasteiger partial charge in [-0.25, -0.2) is 9.69 Å². The number of nitrogens with zero attached hydrogens (tertiary/aromatic N) is 1. The molecule has 4 aliphatic rings. The van der Waals surface area contributed by atoms with Crippen LogP contribution < -0.4 is 24.6 Å². The number of rotatable bonds is 10. The van der Waals surface area contributed by atoms with E-state index in [4.69, 9.17) is 14.2 Å². The van der Waals surface area contributed by atoms with Crippen molar-refractivity contribution in [3.8, 4) is 11.5 Å². The predicted octanol–water partition coefficient (Wildman–Crippen LogP) is 6.73. The topological polar surface area (TPSA) is 144 Å². The first kappa shape index (κ1) is 36.9. The highest BCUT2D eigenvalue weighted by atomic mass is 32.2. The molecule has 2 N–H and O–H groups in total. The summed E-state index contributed by atoms with van der Waals surface area (Å²) in [4.78, 5) is 69.8. The second-order valence-corrected chi connectivity index (χ2v) is 16.0. The Morgan fingerprint density at radius 1 is 0.909 bits per heavy atom. The summed E-state index contributed by atoms with van der Waals surface area (Å²) in [7, 11) is 0. The number of aromatic amines is 1. The number of alkyl halides is 3. The summed E-state index contributed by atoms with van der Waals surface area (Å²) in [6.07, 6.45) is -4.21. The molecule has 2 saturated carbocycles. The number of imide groups is 1. The fourth-order valence-corrected chi connectivity index (χ4v) is 11.8. The molecule has 55 heavy (non-hydrogen) atoms. The van der Waals surface area contributed by atoms with Gasteiger partial charge in [0.05, 0.1) is 46.9 Å². The van der Waals surface area contributed by atoms with Crippen LogP contribution in [0.3, 0.4) is 0 Å². The molecule has 2 aliphatic carbocycles. The van der Waals surface area contributed by atoms with Gasteiger partial charge in [-0.1, -0.05) is 29.5 Å². The number of aromatic nitrogens is 1. The Bertz CT molecular complexity index is 2260. The number of esters is 1. The Labute approximate surface area is 320 Å². The number of benzene rings is 3. The molecule has 0 unspecified atom stereocenters. The number of thiazole rings is 1. The normalized spacial score (nSPS) is 25.0. The minimum absolute atomic E-state index is 0.190. The summed E-state index contributed by atoms with van der Waals surface area (Å²) in [6, 6.07) is 16.2. The second-order valence-electron chi connectivity index (χ2n) is 13.8. The number of thioether (sulfide) groups is 1. The molecule has 3 heterocycles. The first-order valence-electron chi connectivity index (χ1n) is 17.8. The third-order valence-corrected chi connectivity index (χ3v) is 13.4.